The van der Waals surface area contributed by atoms with Gasteiger partial charge in [0.2, 0.25) is 5.91 Å². The maximum Gasteiger partial charge on any atom is 0.290 e. The lowest BCUT2D eigenvalue weighted by Gasteiger charge is -2.21. The summed E-state index contributed by atoms with van der Waals surface area (Å²) in [6, 6.07) is 12.2. The largest absolute Gasteiger partial charge is 0.290 e. The van der Waals surface area contributed by atoms with Crippen molar-refractivity contribution in [1.29, 1.82) is 0 Å². The highest BCUT2D eigenvalue weighted by Gasteiger charge is 2.27. The Bertz CT molecular complexity index is 1170. The van der Waals surface area contributed by atoms with Gasteiger partial charge in [0.05, 0.1) is 16.4 Å². The minimum Gasteiger partial charge on any atom is -0.273 e. The number of nitrogens with zero attached hydrogens (tertiary/aromatic N) is 2. The minimum absolute atomic E-state index is 0.149. The van der Waals surface area contributed by atoms with Crippen LogP contribution in [0.4, 0.5) is 0 Å². The lowest BCUT2D eigenvalue weighted by Crippen LogP contribution is -2.47. The fraction of sp³-hybridized carbons (Fsp3) is 0.261. The van der Waals surface area contributed by atoms with E-state index in [9.17, 15) is 9.59 Å². The maximum absolute atomic E-state index is 12.9. The number of aromatic nitrogens is 2. The van der Waals surface area contributed by atoms with Crippen molar-refractivity contribution in [3.8, 4) is 16.9 Å². The molecule has 0 bridgehead atoms. The molecular weight excluding hydrogens is 471 g/mol. The molecule has 0 aliphatic carbocycles. The molecule has 2 amide bonds. The fourth-order valence-electron chi connectivity index (χ4n) is 2.99. The highest BCUT2D eigenvalue weighted by atomic mass is 35.5. The smallest absolute Gasteiger partial charge is 0.273 e. The first-order valence-corrected chi connectivity index (χ1v) is 11.1. The number of carbonyl (C=O) groups is 2. The van der Waals surface area contributed by atoms with Crippen LogP contribution in [0.2, 0.25) is 15.1 Å². The normalized spacial score (nSPS) is 11.3. The van der Waals surface area contributed by atoms with E-state index in [0.717, 1.165) is 5.56 Å². The number of nitrogens with one attached hydrogen (secondary N) is 2. The van der Waals surface area contributed by atoms with E-state index in [2.05, 4.69) is 16.0 Å². The molecule has 0 saturated heterocycles. The van der Waals surface area contributed by atoms with E-state index in [1.165, 1.54) is 0 Å². The monoisotopic (exact) mass is 492 g/mol. The van der Waals surface area contributed by atoms with Gasteiger partial charge in [-0.2, -0.15) is 5.10 Å². The van der Waals surface area contributed by atoms with E-state index >= 15 is 0 Å². The lowest BCUT2D eigenvalue weighted by atomic mass is 9.90. The van der Waals surface area contributed by atoms with Crippen molar-refractivity contribution in [3.05, 3.63) is 68.8 Å². The van der Waals surface area contributed by atoms with Crippen molar-refractivity contribution in [2.75, 3.05) is 0 Å². The standard InChI is InChI=1S/C23H23Cl3N4O2/c1-5-23(3,4)22(32)28-27-21(31)19-13(2)20(14-6-8-15(24)9-7-14)30(29-19)18-11-10-16(25)12-17(18)26/h6-12H,5H2,1-4H3,(H,27,31)(H,28,32). The molecule has 2 aromatic carbocycles. The zero-order chi connectivity index (χ0) is 23.6. The molecule has 32 heavy (non-hydrogen) atoms. The minimum atomic E-state index is -0.618. The van der Waals surface area contributed by atoms with E-state index in [-0.39, 0.29) is 11.6 Å². The third kappa shape index (κ3) is 4.93. The Labute approximate surface area is 201 Å². The van der Waals surface area contributed by atoms with Crippen molar-refractivity contribution < 1.29 is 9.59 Å². The van der Waals surface area contributed by atoms with Gasteiger partial charge in [-0.05, 0) is 43.7 Å². The van der Waals surface area contributed by atoms with Crippen LogP contribution in [0.1, 0.15) is 43.2 Å². The molecule has 0 saturated carbocycles. The Hall–Kier alpha value is -2.54. The van der Waals surface area contributed by atoms with E-state index in [1.807, 2.05) is 19.1 Å². The predicted octanol–water partition coefficient (Wildman–Crippen LogP) is 6.01. The maximum atomic E-state index is 12.9. The summed E-state index contributed by atoms with van der Waals surface area (Å²) in [5.41, 5.74) is 7.10. The summed E-state index contributed by atoms with van der Waals surface area (Å²) in [6.45, 7) is 7.29. The molecule has 0 aliphatic heterocycles. The first-order valence-electron chi connectivity index (χ1n) is 9.97. The molecule has 3 aromatic rings. The number of amides is 2. The molecule has 0 unspecified atom stereocenters. The average Bonchev–Trinajstić information content (AvgIpc) is 3.09. The molecule has 0 spiro atoms. The predicted molar refractivity (Wildman–Crippen MR) is 128 cm³/mol. The summed E-state index contributed by atoms with van der Waals surface area (Å²) >= 11 is 18.5. The number of benzene rings is 2. The summed E-state index contributed by atoms with van der Waals surface area (Å²) in [6.07, 6.45) is 0.623. The number of hydrogen-bond donors (Lipinski definition) is 2. The number of hydrazine groups is 1. The highest BCUT2D eigenvalue weighted by molar-refractivity contribution is 6.35. The first kappa shape index (κ1) is 24.1. The third-order valence-electron chi connectivity index (χ3n) is 5.38. The molecule has 2 N–H and O–H groups in total. The van der Waals surface area contributed by atoms with Crippen LogP contribution < -0.4 is 10.9 Å². The zero-order valence-electron chi connectivity index (χ0n) is 18.1. The van der Waals surface area contributed by atoms with Crippen molar-refractivity contribution in [2.45, 2.75) is 34.1 Å². The van der Waals surface area contributed by atoms with Gasteiger partial charge in [0.15, 0.2) is 5.69 Å². The molecule has 6 nitrogen and oxygen atoms in total. The van der Waals surface area contributed by atoms with Gasteiger partial charge in [-0.1, -0.05) is 67.7 Å². The number of rotatable bonds is 5. The summed E-state index contributed by atoms with van der Waals surface area (Å²) in [5, 5.41) is 5.96. The van der Waals surface area contributed by atoms with Crippen molar-refractivity contribution in [2.24, 2.45) is 5.41 Å². The van der Waals surface area contributed by atoms with Crippen LogP contribution in [-0.2, 0) is 4.79 Å². The fourth-order valence-corrected chi connectivity index (χ4v) is 3.60. The lowest BCUT2D eigenvalue weighted by molar-refractivity contribution is -0.130. The number of halogens is 3. The molecule has 3 rings (SSSR count). The summed E-state index contributed by atoms with van der Waals surface area (Å²) in [4.78, 5) is 25.3. The Morgan fingerprint density at radius 3 is 2.22 bits per heavy atom. The van der Waals surface area contributed by atoms with Crippen LogP contribution in [-0.4, -0.2) is 21.6 Å². The highest BCUT2D eigenvalue weighted by Crippen LogP contribution is 2.33. The second kappa shape index (κ2) is 9.53. The van der Waals surface area contributed by atoms with Gasteiger partial charge in [0, 0.05) is 26.6 Å². The molecule has 168 valence electrons. The summed E-state index contributed by atoms with van der Waals surface area (Å²) in [5.74, 6) is -0.828. The average molecular weight is 494 g/mol. The van der Waals surface area contributed by atoms with E-state index in [0.29, 0.717) is 38.4 Å². The molecule has 0 aliphatic rings. The SMILES string of the molecule is CCC(C)(C)C(=O)NNC(=O)c1nn(-c2ccc(Cl)cc2Cl)c(-c2ccc(Cl)cc2)c1C. The topological polar surface area (TPSA) is 76.0 Å². The summed E-state index contributed by atoms with van der Waals surface area (Å²) < 4.78 is 1.59. The van der Waals surface area contributed by atoms with Gasteiger partial charge in [0.1, 0.15) is 0 Å². The van der Waals surface area contributed by atoms with Crippen LogP contribution in [0.25, 0.3) is 16.9 Å². The van der Waals surface area contributed by atoms with Gasteiger partial charge < -0.3 is 0 Å². The molecular formula is C23H23Cl3N4O2. The Kier molecular flexibility index (Phi) is 7.18. The second-order valence-corrected chi connectivity index (χ2v) is 9.26. The Morgan fingerprint density at radius 1 is 1.00 bits per heavy atom. The molecule has 0 atom stereocenters. The van der Waals surface area contributed by atoms with Gasteiger partial charge >= 0.3 is 0 Å². The van der Waals surface area contributed by atoms with Crippen LogP contribution in [0, 0.1) is 12.3 Å². The van der Waals surface area contributed by atoms with Gasteiger partial charge in [0.25, 0.3) is 5.91 Å². The van der Waals surface area contributed by atoms with E-state index < -0.39 is 11.3 Å². The summed E-state index contributed by atoms with van der Waals surface area (Å²) in [7, 11) is 0. The number of hydrogen-bond acceptors (Lipinski definition) is 3. The second-order valence-electron chi connectivity index (χ2n) is 7.98. The zero-order valence-corrected chi connectivity index (χ0v) is 20.4. The van der Waals surface area contributed by atoms with Crippen LogP contribution in [0.15, 0.2) is 42.5 Å². The molecule has 9 heteroatoms. The van der Waals surface area contributed by atoms with Crippen molar-refractivity contribution >= 4 is 46.6 Å². The molecule has 0 radical (unpaired) electrons. The molecule has 1 aromatic heterocycles. The van der Waals surface area contributed by atoms with Crippen LogP contribution >= 0.6 is 34.8 Å². The van der Waals surface area contributed by atoms with Crippen molar-refractivity contribution in [3.63, 3.8) is 0 Å². The van der Waals surface area contributed by atoms with E-state index in [1.54, 1.807) is 55.8 Å². The quantitative estimate of drug-likeness (QED) is 0.428. The van der Waals surface area contributed by atoms with Crippen LogP contribution in [0.5, 0.6) is 0 Å². The first-order chi connectivity index (χ1) is 15.0. The van der Waals surface area contributed by atoms with Gasteiger partial charge in [-0.3, -0.25) is 20.4 Å². The van der Waals surface area contributed by atoms with E-state index in [4.69, 9.17) is 34.8 Å². The number of carbonyl (C=O) groups excluding carboxylic acids is 2. The van der Waals surface area contributed by atoms with Crippen LogP contribution in [0.3, 0.4) is 0 Å². The van der Waals surface area contributed by atoms with Crippen molar-refractivity contribution in [1.82, 2.24) is 20.6 Å². The van der Waals surface area contributed by atoms with Gasteiger partial charge in [-0.25, -0.2) is 4.68 Å². The Balaban J connectivity index is 2.06. The Morgan fingerprint density at radius 2 is 1.62 bits per heavy atom. The third-order valence-corrected chi connectivity index (χ3v) is 6.17. The molecule has 1 heterocycles. The molecule has 0 fully saturated rings. The van der Waals surface area contributed by atoms with Gasteiger partial charge in [-0.15, -0.1) is 0 Å².